The first-order valence-electron chi connectivity index (χ1n) is 6.62. The van der Waals surface area contributed by atoms with Crippen LogP contribution in [0.2, 0.25) is 0 Å². The Morgan fingerprint density at radius 1 is 1.44 bits per heavy atom. The number of benzene rings is 1. The Labute approximate surface area is 108 Å². The van der Waals surface area contributed by atoms with Crippen molar-refractivity contribution in [2.24, 2.45) is 5.92 Å². The molecule has 3 heteroatoms. The third kappa shape index (κ3) is 3.08. The number of nitrogens with zero attached hydrogens (tertiary/aromatic N) is 1. The van der Waals surface area contributed by atoms with Crippen molar-refractivity contribution in [3.63, 3.8) is 0 Å². The van der Waals surface area contributed by atoms with Crippen molar-refractivity contribution in [1.29, 1.82) is 5.26 Å². The van der Waals surface area contributed by atoms with E-state index in [4.69, 9.17) is 5.26 Å². The van der Waals surface area contributed by atoms with E-state index in [-0.39, 0.29) is 5.82 Å². The van der Waals surface area contributed by atoms with Gasteiger partial charge in [-0.2, -0.15) is 5.26 Å². The maximum absolute atomic E-state index is 13.2. The Hall–Kier alpha value is -1.40. The molecular weight excluding hydrogens is 227 g/mol. The van der Waals surface area contributed by atoms with Crippen molar-refractivity contribution >= 4 is 0 Å². The molecule has 1 aromatic carbocycles. The molecule has 1 aliphatic carbocycles. The van der Waals surface area contributed by atoms with Gasteiger partial charge in [-0.25, -0.2) is 4.39 Å². The summed E-state index contributed by atoms with van der Waals surface area (Å²) in [5, 5.41) is 12.4. The lowest BCUT2D eigenvalue weighted by Crippen LogP contribution is -2.32. The quantitative estimate of drug-likeness (QED) is 0.884. The van der Waals surface area contributed by atoms with Crippen LogP contribution in [0, 0.1) is 23.1 Å². The standard InChI is InChI=1S/C15H19FN2/c1-11(12-4-2-3-5-12)18-10-14-8-15(16)7-6-13(14)9-17/h6-8,11-12,18H,2-5,10H2,1H3. The van der Waals surface area contributed by atoms with Crippen molar-refractivity contribution in [2.45, 2.75) is 45.2 Å². The topological polar surface area (TPSA) is 35.8 Å². The van der Waals surface area contributed by atoms with Crippen LogP contribution < -0.4 is 5.32 Å². The maximum Gasteiger partial charge on any atom is 0.123 e. The summed E-state index contributed by atoms with van der Waals surface area (Å²) < 4.78 is 13.2. The maximum atomic E-state index is 13.2. The fourth-order valence-electron chi connectivity index (χ4n) is 2.71. The molecule has 0 radical (unpaired) electrons. The van der Waals surface area contributed by atoms with Crippen molar-refractivity contribution in [2.75, 3.05) is 0 Å². The molecule has 1 saturated carbocycles. The van der Waals surface area contributed by atoms with Gasteiger partial charge in [-0.15, -0.1) is 0 Å². The molecular formula is C15H19FN2. The minimum atomic E-state index is -0.278. The average molecular weight is 246 g/mol. The number of hydrogen-bond donors (Lipinski definition) is 1. The van der Waals surface area contributed by atoms with E-state index < -0.39 is 0 Å². The second-order valence-electron chi connectivity index (χ2n) is 5.13. The van der Waals surface area contributed by atoms with Crippen LogP contribution >= 0.6 is 0 Å². The van der Waals surface area contributed by atoms with Crippen molar-refractivity contribution in [3.8, 4) is 6.07 Å². The van der Waals surface area contributed by atoms with Crippen LogP contribution in [0.15, 0.2) is 18.2 Å². The zero-order valence-corrected chi connectivity index (χ0v) is 10.7. The van der Waals surface area contributed by atoms with Gasteiger partial charge in [0, 0.05) is 12.6 Å². The normalized spacial score (nSPS) is 17.6. The molecule has 0 bridgehead atoms. The average Bonchev–Trinajstić information content (AvgIpc) is 2.90. The van der Waals surface area contributed by atoms with E-state index in [9.17, 15) is 4.39 Å². The van der Waals surface area contributed by atoms with Crippen LogP contribution in [0.4, 0.5) is 4.39 Å². The molecule has 1 fully saturated rings. The molecule has 0 heterocycles. The van der Waals surface area contributed by atoms with E-state index in [1.54, 1.807) is 6.07 Å². The van der Waals surface area contributed by atoms with Crippen molar-refractivity contribution in [1.82, 2.24) is 5.32 Å². The van der Waals surface area contributed by atoms with Gasteiger partial charge in [-0.3, -0.25) is 0 Å². The number of rotatable bonds is 4. The fraction of sp³-hybridized carbons (Fsp3) is 0.533. The zero-order chi connectivity index (χ0) is 13.0. The summed E-state index contributed by atoms with van der Waals surface area (Å²) in [7, 11) is 0. The highest BCUT2D eigenvalue weighted by Gasteiger charge is 2.21. The van der Waals surface area contributed by atoms with Gasteiger partial charge in [0.05, 0.1) is 11.6 Å². The lowest BCUT2D eigenvalue weighted by molar-refractivity contribution is 0.380. The monoisotopic (exact) mass is 246 g/mol. The number of halogens is 1. The lowest BCUT2D eigenvalue weighted by atomic mass is 9.99. The second kappa shape index (κ2) is 5.97. The number of nitriles is 1. The molecule has 0 aromatic heterocycles. The summed E-state index contributed by atoms with van der Waals surface area (Å²) in [6.07, 6.45) is 5.20. The molecule has 2 rings (SSSR count). The van der Waals surface area contributed by atoms with E-state index in [1.807, 2.05) is 0 Å². The van der Waals surface area contributed by atoms with E-state index in [0.717, 1.165) is 11.5 Å². The van der Waals surface area contributed by atoms with Gasteiger partial charge >= 0.3 is 0 Å². The minimum absolute atomic E-state index is 0.278. The first kappa shape index (κ1) is 13.0. The summed E-state index contributed by atoms with van der Waals surface area (Å²) in [5.74, 6) is 0.448. The van der Waals surface area contributed by atoms with E-state index in [0.29, 0.717) is 18.2 Å². The van der Waals surface area contributed by atoms with Gasteiger partial charge in [0.25, 0.3) is 0 Å². The van der Waals surface area contributed by atoms with Crippen LogP contribution in [0.1, 0.15) is 43.7 Å². The Bertz CT molecular complexity index is 444. The van der Waals surface area contributed by atoms with Crippen molar-refractivity contribution < 1.29 is 4.39 Å². The molecule has 1 aliphatic rings. The predicted octanol–water partition coefficient (Wildman–Crippen LogP) is 3.37. The van der Waals surface area contributed by atoms with Gasteiger partial charge in [0.1, 0.15) is 5.82 Å². The summed E-state index contributed by atoms with van der Waals surface area (Å²) in [6, 6.07) is 6.88. The Morgan fingerprint density at radius 2 is 2.17 bits per heavy atom. The van der Waals surface area contributed by atoms with Crippen LogP contribution in [0.3, 0.4) is 0 Å². The lowest BCUT2D eigenvalue weighted by Gasteiger charge is -2.20. The largest absolute Gasteiger partial charge is 0.310 e. The zero-order valence-electron chi connectivity index (χ0n) is 10.7. The van der Waals surface area contributed by atoms with Gasteiger partial charge in [0.15, 0.2) is 0 Å². The van der Waals surface area contributed by atoms with E-state index >= 15 is 0 Å². The molecule has 96 valence electrons. The van der Waals surface area contributed by atoms with Gasteiger partial charge < -0.3 is 5.32 Å². The Kier molecular flexibility index (Phi) is 4.33. The molecule has 1 N–H and O–H groups in total. The van der Waals surface area contributed by atoms with E-state index in [1.165, 1.54) is 37.8 Å². The third-order valence-electron chi connectivity index (χ3n) is 3.91. The smallest absolute Gasteiger partial charge is 0.123 e. The van der Waals surface area contributed by atoms with Gasteiger partial charge in [0.2, 0.25) is 0 Å². The summed E-state index contributed by atoms with van der Waals surface area (Å²) >= 11 is 0. The summed E-state index contributed by atoms with van der Waals surface area (Å²) in [4.78, 5) is 0. The number of hydrogen-bond acceptors (Lipinski definition) is 2. The van der Waals surface area contributed by atoms with E-state index in [2.05, 4.69) is 18.3 Å². The first-order valence-corrected chi connectivity index (χ1v) is 6.62. The van der Waals surface area contributed by atoms with Crippen molar-refractivity contribution in [3.05, 3.63) is 35.1 Å². The fourth-order valence-corrected chi connectivity index (χ4v) is 2.71. The predicted molar refractivity (Wildman–Crippen MR) is 69.4 cm³/mol. The van der Waals surface area contributed by atoms with Crippen LogP contribution in [0.5, 0.6) is 0 Å². The molecule has 1 atom stereocenters. The summed E-state index contributed by atoms with van der Waals surface area (Å²) in [5.41, 5.74) is 1.31. The highest BCUT2D eigenvalue weighted by molar-refractivity contribution is 5.37. The molecule has 18 heavy (non-hydrogen) atoms. The minimum Gasteiger partial charge on any atom is -0.310 e. The number of nitrogens with one attached hydrogen (secondary N) is 1. The molecule has 0 spiro atoms. The highest BCUT2D eigenvalue weighted by Crippen LogP contribution is 2.27. The molecule has 0 amide bonds. The third-order valence-corrected chi connectivity index (χ3v) is 3.91. The first-order chi connectivity index (χ1) is 8.70. The van der Waals surface area contributed by atoms with Crippen LogP contribution in [0.25, 0.3) is 0 Å². The van der Waals surface area contributed by atoms with Gasteiger partial charge in [-0.1, -0.05) is 12.8 Å². The summed E-state index contributed by atoms with van der Waals surface area (Å²) in [6.45, 7) is 2.75. The van der Waals surface area contributed by atoms with Crippen LogP contribution in [-0.4, -0.2) is 6.04 Å². The highest BCUT2D eigenvalue weighted by atomic mass is 19.1. The Morgan fingerprint density at radius 3 is 2.83 bits per heavy atom. The molecule has 1 unspecified atom stereocenters. The molecule has 0 aliphatic heterocycles. The molecule has 1 aromatic rings. The molecule has 0 saturated heterocycles. The second-order valence-corrected chi connectivity index (χ2v) is 5.13. The molecule has 2 nitrogen and oxygen atoms in total. The van der Waals surface area contributed by atoms with Crippen LogP contribution in [-0.2, 0) is 6.54 Å². The SMILES string of the molecule is CC(NCc1cc(F)ccc1C#N)C1CCCC1. The van der Waals surface area contributed by atoms with Gasteiger partial charge in [-0.05, 0) is 49.4 Å². The Balaban J connectivity index is 1.97.